The highest BCUT2D eigenvalue weighted by Crippen LogP contribution is 2.24. The van der Waals surface area contributed by atoms with Gasteiger partial charge in [0.1, 0.15) is 6.04 Å². The van der Waals surface area contributed by atoms with E-state index in [-0.39, 0.29) is 5.91 Å². The van der Waals surface area contributed by atoms with Crippen LogP contribution < -0.4 is 10.6 Å². The Kier molecular flexibility index (Phi) is 9.54. The summed E-state index contributed by atoms with van der Waals surface area (Å²) in [6, 6.07) is 11.7. The summed E-state index contributed by atoms with van der Waals surface area (Å²) < 4.78 is 0. The molecule has 0 aliphatic heterocycles. The molecule has 3 amide bonds. The van der Waals surface area contributed by atoms with E-state index in [9.17, 15) is 19.6 Å². The van der Waals surface area contributed by atoms with E-state index in [4.69, 9.17) is 0 Å². The second kappa shape index (κ2) is 12.1. The summed E-state index contributed by atoms with van der Waals surface area (Å²) in [6.07, 6.45) is 5.30. The molecule has 3 N–H and O–H groups in total. The van der Waals surface area contributed by atoms with Crippen molar-refractivity contribution in [3.63, 3.8) is 0 Å². The fraction of sp³-hybridized carbons (Fsp3) is 0.440. The number of aryl methyl sites for hydroxylation is 1. The zero-order valence-corrected chi connectivity index (χ0v) is 19.7. The number of hydrogen-bond acceptors (Lipinski definition) is 5. The molecule has 1 aromatic heterocycles. The van der Waals surface area contributed by atoms with Crippen LogP contribution in [0.3, 0.4) is 0 Å². The number of pyridine rings is 1. The lowest BCUT2D eigenvalue weighted by Gasteiger charge is -2.33. The third-order valence-electron chi connectivity index (χ3n) is 5.61. The number of aromatic nitrogens is 1. The van der Waals surface area contributed by atoms with Crippen molar-refractivity contribution in [3.8, 4) is 0 Å². The second-order valence-electron chi connectivity index (χ2n) is 9.25. The average Bonchev–Trinajstić information content (AvgIpc) is 2.79. The molecule has 8 heteroatoms. The molecule has 8 nitrogen and oxygen atoms in total. The fourth-order valence-electron chi connectivity index (χ4n) is 3.62. The van der Waals surface area contributed by atoms with Gasteiger partial charge in [-0.05, 0) is 49.3 Å². The van der Waals surface area contributed by atoms with Gasteiger partial charge in [-0.1, -0.05) is 51.1 Å². The maximum Gasteiger partial charge on any atom is 0.247 e. The number of hydrogen-bond donors (Lipinski definition) is 3. The summed E-state index contributed by atoms with van der Waals surface area (Å²) in [7, 11) is 0. The predicted molar refractivity (Wildman–Crippen MR) is 126 cm³/mol. The molecule has 0 aliphatic rings. The Labute approximate surface area is 195 Å². The van der Waals surface area contributed by atoms with Crippen LogP contribution in [0.1, 0.15) is 46.1 Å². The van der Waals surface area contributed by atoms with Crippen LogP contribution in [0.5, 0.6) is 0 Å². The number of hydroxylamine groups is 2. The van der Waals surface area contributed by atoms with Gasteiger partial charge in [0.25, 0.3) is 0 Å². The van der Waals surface area contributed by atoms with Gasteiger partial charge in [-0.3, -0.25) is 24.6 Å². The molecule has 1 heterocycles. The Morgan fingerprint density at radius 1 is 1.12 bits per heavy atom. The standard InChI is InChI=1S/C25H34N4O4/c1-18(29(33)17-30)21(14-8-12-19-10-6-5-7-11-19)23(31)28-22(25(2,3)4)24(32)27-20-13-9-15-26-16-20/h5-7,9-11,13,15-18,21-22,33H,8,12,14H2,1-4H3,(H,27,32)(H,28,31). The van der Waals surface area contributed by atoms with Gasteiger partial charge in [0.2, 0.25) is 18.2 Å². The van der Waals surface area contributed by atoms with Crippen LogP contribution in [0.4, 0.5) is 5.69 Å². The lowest BCUT2D eigenvalue weighted by atomic mass is 9.84. The maximum absolute atomic E-state index is 13.3. The molecular weight excluding hydrogens is 420 g/mol. The van der Waals surface area contributed by atoms with Crippen molar-refractivity contribution in [1.29, 1.82) is 0 Å². The van der Waals surface area contributed by atoms with Crippen LogP contribution >= 0.6 is 0 Å². The fourth-order valence-corrected chi connectivity index (χ4v) is 3.62. The summed E-state index contributed by atoms with van der Waals surface area (Å²) in [5.41, 5.74) is 1.09. The highest BCUT2D eigenvalue weighted by molar-refractivity contribution is 5.98. The van der Waals surface area contributed by atoms with E-state index in [2.05, 4.69) is 15.6 Å². The Bertz CT molecular complexity index is 900. The molecule has 0 radical (unpaired) electrons. The third kappa shape index (κ3) is 7.98. The lowest BCUT2D eigenvalue weighted by Crippen LogP contribution is -2.55. The number of carbonyl (C=O) groups excluding carboxylic acids is 3. The van der Waals surface area contributed by atoms with Crippen molar-refractivity contribution in [3.05, 3.63) is 60.4 Å². The van der Waals surface area contributed by atoms with E-state index in [0.717, 1.165) is 12.0 Å². The summed E-state index contributed by atoms with van der Waals surface area (Å²) in [5, 5.41) is 16.1. The normalized spacial score (nSPS) is 14.0. The summed E-state index contributed by atoms with van der Waals surface area (Å²) >= 11 is 0. The van der Waals surface area contributed by atoms with Crippen molar-refractivity contribution in [2.45, 2.75) is 59.0 Å². The highest BCUT2D eigenvalue weighted by atomic mass is 16.5. The molecule has 0 saturated carbocycles. The molecular formula is C25H34N4O4. The molecule has 1 aromatic carbocycles. The summed E-state index contributed by atoms with van der Waals surface area (Å²) in [6.45, 7) is 7.19. The van der Waals surface area contributed by atoms with Crippen LogP contribution in [-0.4, -0.2) is 45.6 Å². The zero-order chi connectivity index (χ0) is 24.4. The van der Waals surface area contributed by atoms with E-state index < -0.39 is 29.3 Å². The van der Waals surface area contributed by atoms with Gasteiger partial charge in [-0.15, -0.1) is 0 Å². The quantitative estimate of drug-likeness (QED) is 0.274. The first kappa shape index (κ1) is 26.0. The monoisotopic (exact) mass is 454 g/mol. The molecule has 0 spiro atoms. The average molecular weight is 455 g/mol. The number of amides is 3. The number of nitrogens with one attached hydrogen (secondary N) is 2. The molecule has 2 aromatic rings. The van der Waals surface area contributed by atoms with Gasteiger partial charge >= 0.3 is 0 Å². The summed E-state index contributed by atoms with van der Waals surface area (Å²) in [4.78, 5) is 41.4. The van der Waals surface area contributed by atoms with Crippen molar-refractivity contribution in [2.24, 2.45) is 11.3 Å². The van der Waals surface area contributed by atoms with Gasteiger partial charge in [0, 0.05) is 6.20 Å². The maximum atomic E-state index is 13.3. The van der Waals surface area contributed by atoms with Gasteiger partial charge in [0.15, 0.2) is 0 Å². The first-order chi connectivity index (χ1) is 15.6. The number of anilines is 1. The Hall–Kier alpha value is -3.26. The number of benzene rings is 1. The molecule has 0 fully saturated rings. The molecule has 3 unspecified atom stereocenters. The number of rotatable bonds is 11. The van der Waals surface area contributed by atoms with E-state index in [0.29, 0.717) is 30.0 Å². The Balaban J connectivity index is 2.14. The zero-order valence-electron chi connectivity index (χ0n) is 19.7. The molecule has 0 bridgehead atoms. The Morgan fingerprint density at radius 2 is 1.82 bits per heavy atom. The van der Waals surface area contributed by atoms with Crippen molar-refractivity contribution in [2.75, 3.05) is 5.32 Å². The predicted octanol–water partition coefficient (Wildman–Crippen LogP) is 3.43. The van der Waals surface area contributed by atoms with Crippen LogP contribution in [0.2, 0.25) is 0 Å². The van der Waals surface area contributed by atoms with Gasteiger partial charge in [-0.2, -0.15) is 0 Å². The Morgan fingerprint density at radius 3 is 2.39 bits per heavy atom. The van der Waals surface area contributed by atoms with Crippen molar-refractivity contribution in [1.82, 2.24) is 15.4 Å². The largest absolute Gasteiger partial charge is 0.343 e. The second-order valence-corrected chi connectivity index (χ2v) is 9.25. The highest BCUT2D eigenvalue weighted by Gasteiger charge is 2.36. The smallest absolute Gasteiger partial charge is 0.247 e. The number of nitrogens with zero attached hydrogens (tertiary/aromatic N) is 2. The third-order valence-corrected chi connectivity index (χ3v) is 5.61. The van der Waals surface area contributed by atoms with Crippen LogP contribution in [0, 0.1) is 11.3 Å². The topological polar surface area (TPSA) is 112 Å². The molecule has 3 atom stereocenters. The minimum absolute atomic E-state index is 0.290. The van der Waals surface area contributed by atoms with E-state index in [1.807, 2.05) is 51.1 Å². The van der Waals surface area contributed by atoms with E-state index >= 15 is 0 Å². The molecule has 33 heavy (non-hydrogen) atoms. The van der Waals surface area contributed by atoms with Crippen molar-refractivity contribution >= 4 is 23.9 Å². The van der Waals surface area contributed by atoms with E-state index in [1.165, 1.54) is 6.20 Å². The molecule has 0 saturated heterocycles. The van der Waals surface area contributed by atoms with Gasteiger partial charge < -0.3 is 10.6 Å². The van der Waals surface area contributed by atoms with Gasteiger partial charge in [-0.25, -0.2) is 5.06 Å². The summed E-state index contributed by atoms with van der Waals surface area (Å²) in [5.74, 6) is -1.45. The molecule has 178 valence electrons. The number of carbonyl (C=O) groups is 3. The van der Waals surface area contributed by atoms with Crippen molar-refractivity contribution < 1.29 is 19.6 Å². The first-order valence-electron chi connectivity index (χ1n) is 11.1. The molecule has 2 rings (SSSR count). The van der Waals surface area contributed by atoms with Crippen LogP contribution in [0.15, 0.2) is 54.9 Å². The van der Waals surface area contributed by atoms with Crippen LogP contribution in [-0.2, 0) is 20.8 Å². The van der Waals surface area contributed by atoms with Crippen LogP contribution in [0.25, 0.3) is 0 Å². The van der Waals surface area contributed by atoms with E-state index in [1.54, 1.807) is 25.3 Å². The van der Waals surface area contributed by atoms with Gasteiger partial charge in [0.05, 0.1) is 23.8 Å². The first-order valence-corrected chi connectivity index (χ1v) is 11.1. The molecule has 0 aliphatic carbocycles. The minimum Gasteiger partial charge on any atom is -0.343 e. The minimum atomic E-state index is -0.836. The lowest BCUT2D eigenvalue weighted by molar-refractivity contribution is -0.166. The SMILES string of the molecule is CC(C(CCCc1ccccc1)C(=O)NC(C(=O)Nc1cccnc1)C(C)(C)C)N(O)C=O.